The van der Waals surface area contributed by atoms with E-state index in [1.807, 2.05) is 6.07 Å². The number of unbranched alkanes of at least 4 members (excludes halogenated alkanes) is 1. The summed E-state index contributed by atoms with van der Waals surface area (Å²) in [5.74, 6) is 0.516. The molecule has 0 spiro atoms. The molecular weight excluding hydrogens is 348 g/mol. The molecule has 0 heterocycles. The summed E-state index contributed by atoms with van der Waals surface area (Å²) in [7, 11) is 0. The van der Waals surface area contributed by atoms with E-state index in [0.717, 1.165) is 31.4 Å². The number of carbonyl (C=O) groups excluding carboxylic acids is 1. The van der Waals surface area contributed by atoms with Gasteiger partial charge in [0, 0.05) is 6.08 Å². The van der Waals surface area contributed by atoms with Gasteiger partial charge in [0.25, 0.3) is 0 Å². The van der Waals surface area contributed by atoms with Gasteiger partial charge in [-0.05, 0) is 79.5 Å². The van der Waals surface area contributed by atoms with Crippen molar-refractivity contribution in [2.45, 2.75) is 39.5 Å². The van der Waals surface area contributed by atoms with Gasteiger partial charge in [-0.25, -0.2) is 4.79 Å². The number of benzene rings is 2. The highest BCUT2D eigenvalue weighted by Crippen LogP contribution is 2.34. The molecule has 0 bridgehead atoms. The third-order valence-electron chi connectivity index (χ3n) is 5.07. The number of ether oxygens (including phenoxy) is 2. The summed E-state index contributed by atoms with van der Waals surface area (Å²) in [6.45, 7) is 8.71. The summed E-state index contributed by atoms with van der Waals surface area (Å²) in [6, 6.07) is 13.0. The van der Waals surface area contributed by atoms with Crippen molar-refractivity contribution in [2.75, 3.05) is 13.2 Å². The van der Waals surface area contributed by atoms with Crippen molar-refractivity contribution >= 4 is 17.6 Å². The highest BCUT2D eigenvalue weighted by atomic mass is 16.5. The summed E-state index contributed by atoms with van der Waals surface area (Å²) in [6.07, 6.45) is 7.24. The number of esters is 1. The summed E-state index contributed by atoms with van der Waals surface area (Å²) >= 11 is 0. The maximum Gasteiger partial charge on any atom is 0.330 e. The van der Waals surface area contributed by atoms with Crippen LogP contribution in [0.5, 0.6) is 5.75 Å². The molecule has 3 nitrogen and oxygen atoms in total. The predicted octanol–water partition coefficient (Wildman–Crippen LogP) is 5.68. The van der Waals surface area contributed by atoms with Gasteiger partial charge in [0.1, 0.15) is 5.75 Å². The Balaban J connectivity index is 1.61. The smallest absolute Gasteiger partial charge is 0.330 e. The van der Waals surface area contributed by atoms with Gasteiger partial charge in [-0.2, -0.15) is 0 Å². The maximum absolute atomic E-state index is 11.0. The highest BCUT2D eigenvalue weighted by molar-refractivity contribution is 5.86. The summed E-state index contributed by atoms with van der Waals surface area (Å²) in [5.41, 5.74) is 7.99. The largest absolute Gasteiger partial charge is 0.494 e. The molecular formula is C25H28O3. The van der Waals surface area contributed by atoms with Gasteiger partial charge in [0.2, 0.25) is 0 Å². The average molecular weight is 376 g/mol. The van der Waals surface area contributed by atoms with Gasteiger partial charge < -0.3 is 9.47 Å². The van der Waals surface area contributed by atoms with E-state index in [2.05, 4.69) is 56.8 Å². The molecule has 1 aliphatic carbocycles. The molecule has 0 saturated carbocycles. The number of hydrogen-bond acceptors (Lipinski definition) is 3. The Morgan fingerprint density at radius 2 is 1.89 bits per heavy atom. The molecule has 3 rings (SSSR count). The fourth-order valence-electron chi connectivity index (χ4n) is 3.47. The van der Waals surface area contributed by atoms with Crippen molar-refractivity contribution < 1.29 is 14.3 Å². The maximum atomic E-state index is 11.0. The zero-order valence-corrected chi connectivity index (χ0v) is 16.8. The lowest BCUT2D eigenvalue weighted by atomic mass is 9.86. The number of fused-ring (bicyclic) bond motifs is 1. The zero-order valence-electron chi connectivity index (χ0n) is 16.8. The third kappa shape index (κ3) is 5.13. The molecule has 0 unspecified atom stereocenters. The number of rotatable bonds is 8. The van der Waals surface area contributed by atoms with Crippen LogP contribution >= 0.6 is 0 Å². The molecule has 0 N–H and O–H groups in total. The lowest BCUT2D eigenvalue weighted by Gasteiger charge is -2.19. The second kappa shape index (κ2) is 9.41. The van der Waals surface area contributed by atoms with E-state index in [0.29, 0.717) is 13.2 Å². The first-order valence-electron chi connectivity index (χ1n) is 9.90. The summed E-state index contributed by atoms with van der Waals surface area (Å²) < 4.78 is 10.9. The standard InChI is InChI=1S/C25H28O3/c1-4-25(26)28-14-6-5-13-27-23-12-11-20-9-10-21(16-22(20)17-23)24-15-18(2)7-8-19(24)3/h4,7-8,11-12,15-17H,1,5-6,9-10,13-14H2,2-3H3. The van der Waals surface area contributed by atoms with E-state index in [1.165, 1.54) is 39.5 Å². The molecule has 0 aliphatic heterocycles. The van der Waals surface area contributed by atoms with Gasteiger partial charge in [-0.1, -0.05) is 42.5 Å². The molecule has 0 saturated heterocycles. The predicted molar refractivity (Wildman–Crippen MR) is 114 cm³/mol. The van der Waals surface area contributed by atoms with Crippen LogP contribution in [0.1, 0.15) is 47.1 Å². The monoisotopic (exact) mass is 376 g/mol. The Morgan fingerprint density at radius 3 is 2.71 bits per heavy atom. The molecule has 0 amide bonds. The van der Waals surface area contributed by atoms with Gasteiger partial charge in [0.15, 0.2) is 0 Å². The zero-order chi connectivity index (χ0) is 19.9. The minimum absolute atomic E-state index is 0.373. The molecule has 1 aliphatic rings. The van der Waals surface area contributed by atoms with Crippen molar-refractivity contribution in [3.05, 3.63) is 76.9 Å². The molecule has 0 aromatic heterocycles. The Kier molecular flexibility index (Phi) is 6.70. The Morgan fingerprint density at radius 1 is 1.07 bits per heavy atom. The highest BCUT2D eigenvalue weighted by Gasteiger charge is 2.14. The second-order valence-corrected chi connectivity index (χ2v) is 7.28. The quantitative estimate of drug-likeness (QED) is 0.338. The van der Waals surface area contributed by atoms with Crippen LogP contribution < -0.4 is 4.74 Å². The van der Waals surface area contributed by atoms with Crippen LogP contribution in [0.2, 0.25) is 0 Å². The third-order valence-corrected chi connectivity index (χ3v) is 5.07. The normalized spacial score (nSPS) is 12.7. The van der Waals surface area contributed by atoms with Gasteiger partial charge in [-0.15, -0.1) is 0 Å². The first-order valence-corrected chi connectivity index (χ1v) is 9.90. The van der Waals surface area contributed by atoms with E-state index >= 15 is 0 Å². The Bertz CT molecular complexity index is 893. The molecule has 28 heavy (non-hydrogen) atoms. The first-order chi connectivity index (χ1) is 13.6. The molecule has 0 atom stereocenters. The molecule has 146 valence electrons. The van der Waals surface area contributed by atoms with Crippen LogP contribution in [-0.2, 0) is 16.0 Å². The van der Waals surface area contributed by atoms with Gasteiger partial charge in [0.05, 0.1) is 13.2 Å². The lowest BCUT2D eigenvalue weighted by Crippen LogP contribution is -2.05. The first kappa shape index (κ1) is 19.9. The van der Waals surface area contributed by atoms with Crippen molar-refractivity contribution in [3.8, 4) is 5.75 Å². The Hall–Kier alpha value is -2.81. The number of allylic oxidation sites excluding steroid dienone is 1. The fourth-order valence-corrected chi connectivity index (χ4v) is 3.47. The van der Waals surface area contributed by atoms with Crippen LogP contribution in [0, 0.1) is 13.8 Å². The van der Waals surface area contributed by atoms with Crippen molar-refractivity contribution in [2.24, 2.45) is 0 Å². The van der Waals surface area contributed by atoms with Crippen molar-refractivity contribution in [1.82, 2.24) is 0 Å². The van der Waals surface area contributed by atoms with Crippen LogP contribution in [0.25, 0.3) is 11.6 Å². The Labute approximate surface area is 167 Å². The second-order valence-electron chi connectivity index (χ2n) is 7.28. The topological polar surface area (TPSA) is 35.5 Å². The molecule has 2 aromatic rings. The van der Waals surface area contributed by atoms with Crippen LogP contribution in [0.15, 0.2) is 49.1 Å². The van der Waals surface area contributed by atoms with Gasteiger partial charge >= 0.3 is 5.97 Å². The fraction of sp³-hybridized carbons (Fsp3) is 0.320. The van der Waals surface area contributed by atoms with Crippen molar-refractivity contribution in [1.29, 1.82) is 0 Å². The number of carbonyl (C=O) groups is 1. The lowest BCUT2D eigenvalue weighted by molar-refractivity contribution is -0.137. The van der Waals surface area contributed by atoms with Crippen LogP contribution in [0.3, 0.4) is 0 Å². The number of aryl methyl sites for hydroxylation is 3. The van der Waals surface area contributed by atoms with E-state index in [4.69, 9.17) is 9.47 Å². The van der Waals surface area contributed by atoms with Crippen molar-refractivity contribution in [3.63, 3.8) is 0 Å². The van der Waals surface area contributed by atoms with E-state index in [9.17, 15) is 4.79 Å². The minimum atomic E-state index is -0.373. The SMILES string of the molecule is C=CC(=O)OCCCCOc1ccc2c(c1)C=C(c1cc(C)ccc1C)CC2. The minimum Gasteiger partial charge on any atom is -0.494 e. The molecule has 2 aromatic carbocycles. The molecule has 3 heteroatoms. The van der Waals surface area contributed by atoms with E-state index in [-0.39, 0.29) is 5.97 Å². The van der Waals surface area contributed by atoms with Crippen LogP contribution in [-0.4, -0.2) is 19.2 Å². The van der Waals surface area contributed by atoms with Crippen LogP contribution in [0.4, 0.5) is 0 Å². The van der Waals surface area contributed by atoms with Gasteiger partial charge in [-0.3, -0.25) is 0 Å². The van der Waals surface area contributed by atoms with E-state index in [1.54, 1.807) is 0 Å². The average Bonchev–Trinajstić information content (AvgIpc) is 2.71. The molecule has 0 fully saturated rings. The summed E-state index contributed by atoms with van der Waals surface area (Å²) in [5, 5.41) is 0. The molecule has 0 radical (unpaired) electrons. The van der Waals surface area contributed by atoms with E-state index < -0.39 is 0 Å². The summed E-state index contributed by atoms with van der Waals surface area (Å²) in [4.78, 5) is 11.0. The number of hydrogen-bond donors (Lipinski definition) is 0.